The fraction of sp³-hybridized carbons (Fsp3) is 0.600. The van der Waals surface area contributed by atoms with Crippen molar-refractivity contribution in [2.75, 3.05) is 13.2 Å². The molecule has 3 nitrogen and oxygen atoms in total. The van der Waals surface area contributed by atoms with Gasteiger partial charge in [-0.25, -0.2) is 0 Å². The van der Waals surface area contributed by atoms with Gasteiger partial charge < -0.3 is 15.3 Å². The van der Waals surface area contributed by atoms with E-state index in [-0.39, 0.29) is 13.2 Å². The molecule has 0 amide bonds. The van der Waals surface area contributed by atoms with E-state index in [1.54, 1.807) is 19.1 Å². The Bertz CT molecular complexity index is 171. The first kappa shape index (κ1) is 12.4. The molecule has 0 aromatic rings. The van der Waals surface area contributed by atoms with E-state index in [2.05, 4.69) is 0 Å². The summed E-state index contributed by atoms with van der Waals surface area (Å²) in [6, 6.07) is 0. The zero-order valence-corrected chi connectivity index (χ0v) is 7.98. The van der Waals surface area contributed by atoms with E-state index in [0.717, 1.165) is 5.57 Å². The third kappa shape index (κ3) is 6.51. The highest BCUT2D eigenvalue weighted by atomic mass is 16.3. The van der Waals surface area contributed by atoms with Crippen LogP contribution in [0.4, 0.5) is 0 Å². The maximum Gasteiger partial charge on any atom is 0.0725 e. The van der Waals surface area contributed by atoms with Crippen LogP contribution in [0.15, 0.2) is 23.8 Å². The molecular weight excluding hydrogens is 168 g/mol. The van der Waals surface area contributed by atoms with Crippen molar-refractivity contribution in [2.24, 2.45) is 0 Å². The van der Waals surface area contributed by atoms with E-state index in [0.29, 0.717) is 12.8 Å². The van der Waals surface area contributed by atoms with Gasteiger partial charge in [-0.3, -0.25) is 0 Å². The molecular formula is C10H18O3. The third-order valence-corrected chi connectivity index (χ3v) is 1.68. The lowest BCUT2D eigenvalue weighted by atomic mass is 10.1. The van der Waals surface area contributed by atoms with Crippen molar-refractivity contribution in [1.29, 1.82) is 0 Å². The molecule has 1 atom stereocenters. The summed E-state index contributed by atoms with van der Waals surface area (Å²) in [4.78, 5) is 0. The van der Waals surface area contributed by atoms with E-state index in [1.165, 1.54) is 0 Å². The normalized spacial score (nSPS) is 15.2. The van der Waals surface area contributed by atoms with E-state index >= 15 is 0 Å². The second-order valence-electron chi connectivity index (χ2n) is 2.83. The van der Waals surface area contributed by atoms with Gasteiger partial charge in [0.05, 0.1) is 6.10 Å². The molecule has 3 heteroatoms. The fourth-order valence-corrected chi connectivity index (χ4v) is 0.923. The Labute approximate surface area is 79.0 Å². The number of hydrogen-bond donors (Lipinski definition) is 3. The second-order valence-corrected chi connectivity index (χ2v) is 2.83. The van der Waals surface area contributed by atoms with Crippen molar-refractivity contribution in [1.82, 2.24) is 0 Å². The highest BCUT2D eigenvalue weighted by Crippen LogP contribution is 2.06. The van der Waals surface area contributed by atoms with Gasteiger partial charge >= 0.3 is 0 Å². The van der Waals surface area contributed by atoms with Crippen molar-refractivity contribution in [3.63, 3.8) is 0 Å². The minimum Gasteiger partial charge on any atom is -0.396 e. The van der Waals surface area contributed by atoms with Crippen molar-refractivity contribution in [3.05, 3.63) is 23.8 Å². The number of aliphatic hydroxyl groups is 3. The molecule has 3 N–H and O–H groups in total. The molecule has 0 fully saturated rings. The summed E-state index contributed by atoms with van der Waals surface area (Å²) in [6.07, 6.45) is 5.96. The fourth-order valence-electron chi connectivity index (χ4n) is 0.923. The Morgan fingerprint density at radius 3 is 2.46 bits per heavy atom. The summed E-state index contributed by atoms with van der Waals surface area (Å²) in [7, 11) is 0. The minimum absolute atomic E-state index is 0.0462. The first-order valence-corrected chi connectivity index (χ1v) is 4.47. The van der Waals surface area contributed by atoms with Gasteiger partial charge in [0.25, 0.3) is 0 Å². The predicted molar refractivity (Wildman–Crippen MR) is 52.3 cm³/mol. The number of aliphatic hydroxyl groups excluding tert-OH is 3. The van der Waals surface area contributed by atoms with Crippen LogP contribution in [0.5, 0.6) is 0 Å². The van der Waals surface area contributed by atoms with E-state index in [1.807, 2.05) is 6.08 Å². The minimum atomic E-state index is -0.522. The molecule has 13 heavy (non-hydrogen) atoms. The van der Waals surface area contributed by atoms with Gasteiger partial charge in [-0.2, -0.15) is 0 Å². The van der Waals surface area contributed by atoms with E-state index in [9.17, 15) is 5.11 Å². The third-order valence-electron chi connectivity index (χ3n) is 1.68. The van der Waals surface area contributed by atoms with Crippen LogP contribution in [0.1, 0.15) is 19.8 Å². The summed E-state index contributed by atoms with van der Waals surface area (Å²) in [6.45, 7) is 1.85. The molecule has 0 spiro atoms. The SMILES string of the molecule is CC(O)C(=CC=CCCO)CCO. The Kier molecular flexibility index (Phi) is 7.59. The Morgan fingerprint density at radius 1 is 1.31 bits per heavy atom. The standard InChI is InChI=1S/C10H18O3/c1-9(13)10(6-8-12)5-3-2-4-7-11/h2-3,5,9,11-13H,4,6-8H2,1H3. The largest absolute Gasteiger partial charge is 0.396 e. The summed E-state index contributed by atoms with van der Waals surface area (Å²) in [5.41, 5.74) is 0.802. The van der Waals surface area contributed by atoms with Crippen LogP contribution < -0.4 is 0 Å². The van der Waals surface area contributed by atoms with Crippen LogP contribution in [0.3, 0.4) is 0 Å². The summed E-state index contributed by atoms with van der Waals surface area (Å²) in [5.74, 6) is 0. The smallest absolute Gasteiger partial charge is 0.0725 e. The van der Waals surface area contributed by atoms with Gasteiger partial charge in [-0.15, -0.1) is 0 Å². The summed E-state index contributed by atoms with van der Waals surface area (Å²) in [5, 5.41) is 26.4. The summed E-state index contributed by atoms with van der Waals surface area (Å²) >= 11 is 0. The lowest BCUT2D eigenvalue weighted by Gasteiger charge is -2.07. The maximum absolute atomic E-state index is 9.24. The highest BCUT2D eigenvalue weighted by Gasteiger charge is 2.01. The molecule has 76 valence electrons. The molecule has 0 aliphatic heterocycles. The molecule has 0 rings (SSSR count). The van der Waals surface area contributed by atoms with E-state index in [4.69, 9.17) is 10.2 Å². The average molecular weight is 186 g/mol. The van der Waals surface area contributed by atoms with Gasteiger partial charge in [0.15, 0.2) is 0 Å². The van der Waals surface area contributed by atoms with Crippen LogP contribution in [0, 0.1) is 0 Å². The van der Waals surface area contributed by atoms with Crippen LogP contribution >= 0.6 is 0 Å². The Morgan fingerprint density at radius 2 is 2.00 bits per heavy atom. The molecule has 0 radical (unpaired) electrons. The zero-order valence-electron chi connectivity index (χ0n) is 7.98. The van der Waals surface area contributed by atoms with Crippen LogP contribution in [0.2, 0.25) is 0 Å². The van der Waals surface area contributed by atoms with Gasteiger partial charge in [0.1, 0.15) is 0 Å². The Balaban J connectivity index is 4.02. The van der Waals surface area contributed by atoms with Crippen LogP contribution in [-0.4, -0.2) is 34.6 Å². The molecule has 1 unspecified atom stereocenters. The maximum atomic E-state index is 9.24. The molecule has 0 saturated carbocycles. The second kappa shape index (κ2) is 7.98. The molecule has 0 bridgehead atoms. The zero-order chi connectivity index (χ0) is 10.1. The van der Waals surface area contributed by atoms with Crippen molar-refractivity contribution >= 4 is 0 Å². The topological polar surface area (TPSA) is 60.7 Å². The quantitative estimate of drug-likeness (QED) is 0.533. The van der Waals surface area contributed by atoms with Crippen LogP contribution in [0.25, 0.3) is 0 Å². The van der Waals surface area contributed by atoms with Gasteiger partial charge in [-0.05, 0) is 25.3 Å². The van der Waals surface area contributed by atoms with Gasteiger partial charge in [0.2, 0.25) is 0 Å². The Hall–Kier alpha value is -0.640. The molecule has 0 saturated heterocycles. The van der Waals surface area contributed by atoms with Crippen molar-refractivity contribution in [3.8, 4) is 0 Å². The van der Waals surface area contributed by atoms with Crippen LogP contribution in [-0.2, 0) is 0 Å². The lowest BCUT2D eigenvalue weighted by molar-refractivity contribution is 0.215. The molecule has 0 aromatic carbocycles. The van der Waals surface area contributed by atoms with Gasteiger partial charge in [-0.1, -0.05) is 18.2 Å². The monoisotopic (exact) mass is 186 g/mol. The molecule has 0 heterocycles. The first-order valence-electron chi connectivity index (χ1n) is 4.47. The number of allylic oxidation sites excluding steroid dienone is 2. The molecule has 0 aliphatic rings. The molecule has 0 aromatic heterocycles. The lowest BCUT2D eigenvalue weighted by Crippen LogP contribution is -2.05. The number of rotatable bonds is 6. The van der Waals surface area contributed by atoms with Gasteiger partial charge in [0, 0.05) is 13.2 Å². The number of hydrogen-bond acceptors (Lipinski definition) is 3. The first-order chi connectivity index (χ1) is 6.22. The average Bonchev–Trinajstić information content (AvgIpc) is 2.10. The van der Waals surface area contributed by atoms with Crippen molar-refractivity contribution < 1.29 is 15.3 Å². The summed E-state index contributed by atoms with van der Waals surface area (Å²) < 4.78 is 0. The van der Waals surface area contributed by atoms with E-state index < -0.39 is 6.10 Å². The highest BCUT2D eigenvalue weighted by molar-refractivity contribution is 5.15. The molecule has 0 aliphatic carbocycles. The predicted octanol–water partition coefficient (Wildman–Crippen LogP) is 0.615. The van der Waals surface area contributed by atoms with Crippen molar-refractivity contribution in [2.45, 2.75) is 25.9 Å².